The van der Waals surface area contributed by atoms with Crippen LogP contribution in [0.2, 0.25) is 0 Å². The number of unbranched alkanes of at least 4 members (excludes halogenated alkanes) is 7. The van der Waals surface area contributed by atoms with Gasteiger partial charge in [-0.25, -0.2) is 0 Å². The van der Waals surface area contributed by atoms with Crippen molar-refractivity contribution >= 4 is 11.8 Å². The molecule has 0 aromatic rings. The molecule has 0 heterocycles. The summed E-state index contributed by atoms with van der Waals surface area (Å²) in [4.78, 5) is 21.1. The first-order chi connectivity index (χ1) is 10.6. The summed E-state index contributed by atoms with van der Waals surface area (Å²) in [7, 11) is 0. The SMILES string of the molecule is NC(=O)CCCC/C=C\C/C=C\CCCCCCCC(N)=O. The smallest absolute Gasteiger partial charge is 0.217 e. The number of hydrogen-bond donors (Lipinski definition) is 2. The molecule has 0 spiro atoms. The number of allylic oxidation sites excluding steroid dienone is 4. The van der Waals surface area contributed by atoms with Crippen LogP contribution >= 0.6 is 0 Å². The van der Waals surface area contributed by atoms with Crippen LogP contribution in [0.3, 0.4) is 0 Å². The molecule has 0 rings (SSSR count). The molecular formula is C18H32N2O2. The maximum absolute atomic E-state index is 10.5. The highest BCUT2D eigenvalue weighted by Gasteiger charge is 1.94. The minimum atomic E-state index is -0.209. The first-order valence-corrected chi connectivity index (χ1v) is 8.49. The average molecular weight is 308 g/mol. The molecular weight excluding hydrogens is 276 g/mol. The lowest BCUT2D eigenvalue weighted by atomic mass is 10.1. The quantitative estimate of drug-likeness (QED) is 0.356. The number of carbonyl (C=O) groups is 2. The van der Waals surface area contributed by atoms with E-state index in [4.69, 9.17) is 11.5 Å². The zero-order valence-corrected chi connectivity index (χ0v) is 13.8. The second-order valence-electron chi connectivity index (χ2n) is 5.66. The standard InChI is InChI=1S/C18H32N2O2/c19-17(21)15-13-11-9-7-5-3-1-2-4-6-8-10-12-14-16-18(20)22/h1-2,5,7H,3-4,6,8-16H2,(H2,19,21)(H2,20,22)/b2-1-,7-5-. The summed E-state index contributed by atoms with van der Waals surface area (Å²) < 4.78 is 0. The van der Waals surface area contributed by atoms with Crippen molar-refractivity contribution in [2.24, 2.45) is 11.5 Å². The van der Waals surface area contributed by atoms with Crippen molar-refractivity contribution in [2.45, 2.75) is 77.0 Å². The van der Waals surface area contributed by atoms with Crippen molar-refractivity contribution in [2.75, 3.05) is 0 Å². The van der Waals surface area contributed by atoms with E-state index in [2.05, 4.69) is 24.3 Å². The van der Waals surface area contributed by atoms with Crippen molar-refractivity contribution < 1.29 is 9.59 Å². The summed E-state index contributed by atoms with van der Waals surface area (Å²) in [5, 5.41) is 0. The summed E-state index contributed by atoms with van der Waals surface area (Å²) in [5.74, 6) is -0.399. The number of nitrogens with two attached hydrogens (primary N) is 2. The minimum absolute atomic E-state index is 0.191. The fourth-order valence-electron chi connectivity index (χ4n) is 2.16. The highest BCUT2D eigenvalue weighted by atomic mass is 16.1. The Hall–Kier alpha value is -1.58. The van der Waals surface area contributed by atoms with Crippen LogP contribution in [-0.4, -0.2) is 11.8 Å². The molecule has 22 heavy (non-hydrogen) atoms. The summed E-state index contributed by atoms with van der Waals surface area (Å²) >= 11 is 0. The third kappa shape index (κ3) is 18.4. The first kappa shape index (κ1) is 20.4. The summed E-state index contributed by atoms with van der Waals surface area (Å²) in [6.07, 6.45) is 20.5. The van der Waals surface area contributed by atoms with Crippen LogP contribution in [0.1, 0.15) is 77.0 Å². The Morgan fingerprint density at radius 3 is 1.55 bits per heavy atom. The van der Waals surface area contributed by atoms with Gasteiger partial charge in [0.2, 0.25) is 11.8 Å². The van der Waals surface area contributed by atoms with Crippen molar-refractivity contribution in [1.29, 1.82) is 0 Å². The molecule has 0 aromatic carbocycles. The van der Waals surface area contributed by atoms with Gasteiger partial charge in [0.05, 0.1) is 0 Å². The molecule has 0 unspecified atom stereocenters. The fourth-order valence-corrected chi connectivity index (χ4v) is 2.16. The van der Waals surface area contributed by atoms with Gasteiger partial charge in [-0.1, -0.05) is 43.6 Å². The zero-order chi connectivity index (χ0) is 16.5. The van der Waals surface area contributed by atoms with E-state index in [-0.39, 0.29) is 11.8 Å². The molecule has 0 aliphatic heterocycles. The number of hydrogen-bond acceptors (Lipinski definition) is 2. The third-order valence-electron chi connectivity index (χ3n) is 3.44. The lowest BCUT2D eigenvalue weighted by Crippen LogP contribution is -2.09. The van der Waals surface area contributed by atoms with E-state index in [0.717, 1.165) is 44.9 Å². The van der Waals surface area contributed by atoms with Crippen LogP contribution in [0.4, 0.5) is 0 Å². The molecule has 0 radical (unpaired) electrons. The highest BCUT2D eigenvalue weighted by Crippen LogP contribution is 2.07. The summed E-state index contributed by atoms with van der Waals surface area (Å²) in [5.41, 5.74) is 10.2. The zero-order valence-electron chi connectivity index (χ0n) is 13.8. The topological polar surface area (TPSA) is 86.2 Å². The van der Waals surface area contributed by atoms with E-state index in [1.807, 2.05) is 0 Å². The van der Waals surface area contributed by atoms with E-state index < -0.39 is 0 Å². The van der Waals surface area contributed by atoms with Crippen LogP contribution in [-0.2, 0) is 9.59 Å². The molecule has 0 saturated heterocycles. The van der Waals surface area contributed by atoms with Crippen LogP contribution in [0.5, 0.6) is 0 Å². The Morgan fingerprint density at radius 2 is 1.00 bits per heavy atom. The van der Waals surface area contributed by atoms with Crippen molar-refractivity contribution in [1.82, 2.24) is 0 Å². The fraction of sp³-hybridized carbons (Fsp3) is 0.667. The van der Waals surface area contributed by atoms with Gasteiger partial charge in [0.15, 0.2) is 0 Å². The van der Waals surface area contributed by atoms with Gasteiger partial charge in [0, 0.05) is 12.8 Å². The van der Waals surface area contributed by atoms with E-state index in [1.165, 1.54) is 19.3 Å². The molecule has 126 valence electrons. The highest BCUT2D eigenvalue weighted by molar-refractivity contribution is 5.73. The van der Waals surface area contributed by atoms with Gasteiger partial charge in [0.25, 0.3) is 0 Å². The Labute approximate surface area is 135 Å². The van der Waals surface area contributed by atoms with Gasteiger partial charge in [-0.3, -0.25) is 9.59 Å². The Balaban J connectivity index is 3.23. The molecule has 4 N–H and O–H groups in total. The molecule has 2 amide bonds. The van der Waals surface area contributed by atoms with Gasteiger partial charge in [-0.05, 0) is 44.9 Å². The molecule has 0 aromatic heterocycles. The molecule has 0 saturated carbocycles. The predicted molar refractivity (Wildman–Crippen MR) is 92.1 cm³/mol. The second-order valence-corrected chi connectivity index (χ2v) is 5.66. The molecule has 4 heteroatoms. The lowest BCUT2D eigenvalue weighted by Gasteiger charge is -1.98. The lowest BCUT2D eigenvalue weighted by molar-refractivity contribution is -0.119. The van der Waals surface area contributed by atoms with Gasteiger partial charge in [-0.15, -0.1) is 0 Å². The molecule has 0 aliphatic rings. The van der Waals surface area contributed by atoms with Crippen LogP contribution in [0.15, 0.2) is 24.3 Å². The number of primary amides is 2. The summed E-state index contributed by atoms with van der Waals surface area (Å²) in [6.45, 7) is 0. The second kappa shape index (κ2) is 15.8. The van der Waals surface area contributed by atoms with Crippen molar-refractivity contribution in [3.8, 4) is 0 Å². The maximum Gasteiger partial charge on any atom is 0.217 e. The van der Waals surface area contributed by atoms with E-state index >= 15 is 0 Å². The van der Waals surface area contributed by atoms with Gasteiger partial charge < -0.3 is 11.5 Å². The van der Waals surface area contributed by atoms with Crippen molar-refractivity contribution in [3.63, 3.8) is 0 Å². The number of carbonyl (C=O) groups excluding carboxylic acids is 2. The van der Waals surface area contributed by atoms with Crippen LogP contribution in [0.25, 0.3) is 0 Å². The normalized spacial score (nSPS) is 11.5. The minimum Gasteiger partial charge on any atom is -0.370 e. The molecule has 0 atom stereocenters. The molecule has 0 bridgehead atoms. The summed E-state index contributed by atoms with van der Waals surface area (Å²) in [6, 6.07) is 0. The first-order valence-electron chi connectivity index (χ1n) is 8.49. The predicted octanol–water partition coefficient (Wildman–Crippen LogP) is 3.75. The van der Waals surface area contributed by atoms with Gasteiger partial charge in [-0.2, -0.15) is 0 Å². The monoisotopic (exact) mass is 308 g/mol. The maximum atomic E-state index is 10.5. The van der Waals surface area contributed by atoms with Crippen LogP contribution < -0.4 is 11.5 Å². The Kier molecular flexibility index (Phi) is 14.7. The average Bonchev–Trinajstić information content (AvgIpc) is 2.46. The number of rotatable bonds is 15. The van der Waals surface area contributed by atoms with E-state index in [9.17, 15) is 9.59 Å². The number of amides is 2. The molecule has 4 nitrogen and oxygen atoms in total. The Bertz CT molecular complexity index is 349. The molecule has 0 fully saturated rings. The van der Waals surface area contributed by atoms with Gasteiger partial charge >= 0.3 is 0 Å². The molecule has 0 aliphatic carbocycles. The largest absolute Gasteiger partial charge is 0.370 e. The van der Waals surface area contributed by atoms with E-state index in [0.29, 0.717) is 12.8 Å². The third-order valence-corrected chi connectivity index (χ3v) is 3.44. The Morgan fingerprint density at radius 1 is 0.591 bits per heavy atom. The van der Waals surface area contributed by atoms with Crippen molar-refractivity contribution in [3.05, 3.63) is 24.3 Å². The van der Waals surface area contributed by atoms with Crippen LogP contribution in [0, 0.1) is 0 Å². The van der Waals surface area contributed by atoms with E-state index in [1.54, 1.807) is 0 Å². The van der Waals surface area contributed by atoms with Gasteiger partial charge in [0.1, 0.15) is 0 Å².